The van der Waals surface area contributed by atoms with Gasteiger partial charge in [0, 0.05) is 20.1 Å². The van der Waals surface area contributed by atoms with E-state index < -0.39 is 5.97 Å². The van der Waals surface area contributed by atoms with Crippen LogP contribution in [0, 0.1) is 0 Å². The third-order valence-electron chi connectivity index (χ3n) is 0.673. The Balaban J connectivity index is 0. The fourth-order valence-electron chi connectivity index (χ4n) is 0.183. The summed E-state index contributed by atoms with van der Waals surface area (Å²) in [5.74, 6) is -1.12. The van der Waals surface area contributed by atoms with Gasteiger partial charge in [0.05, 0.1) is 6.54 Å². The van der Waals surface area contributed by atoms with Gasteiger partial charge in [-0.1, -0.05) is 0 Å². The van der Waals surface area contributed by atoms with Crippen LogP contribution in [0.5, 0.6) is 0 Å². The number of aliphatic carboxylic acids is 1. The first kappa shape index (κ1) is 12.6. The molecule has 66 valence electrons. The first-order valence-electron chi connectivity index (χ1n) is 2.99. The third-order valence-corrected chi connectivity index (χ3v) is 0.673. The molecule has 5 nitrogen and oxygen atoms in total. The molecule has 0 radical (unpaired) electrons. The number of likely N-dealkylation sites (N-methyl/N-ethyl adjacent to an activating group) is 1. The van der Waals surface area contributed by atoms with E-state index in [2.05, 4.69) is 0 Å². The predicted molar refractivity (Wildman–Crippen MR) is 38.4 cm³/mol. The Morgan fingerprint density at radius 3 is 1.73 bits per heavy atom. The van der Waals surface area contributed by atoms with Gasteiger partial charge >= 0.3 is 0 Å². The van der Waals surface area contributed by atoms with Crippen molar-refractivity contribution in [2.24, 2.45) is 5.73 Å². The Kier molecular flexibility index (Phi) is 8.01. The van der Waals surface area contributed by atoms with E-state index in [1.807, 2.05) is 0 Å². The van der Waals surface area contributed by atoms with Crippen molar-refractivity contribution in [3.8, 4) is 0 Å². The lowest BCUT2D eigenvalue weighted by atomic mass is 10.6. The van der Waals surface area contributed by atoms with Crippen LogP contribution in [0.4, 0.5) is 0 Å². The molecule has 0 aliphatic carbocycles. The van der Waals surface area contributed by atoms with Crippen LogP contribution in [0.25, 0.3) is 0 Å². The summed E-state index contributed by atoms with van der Waals surface area (Å²) in [4.78, 5) is 20.7. The second kappa shape index (κ2) is 7.01. The Morgan fingerprint density at radius 2 is 1.73 bits per heavy atom. The molecule has 0 aromatic rings. The van der Waals surface area contributed by atoms with E-state index in [0.717, 1.165) is 6.92 Å². The number of hydrogen-bond donors (Lipinski definition) is 1. The maximum absolute atomic E-state index is 10.3. The van der Waals surface area contributed by atoms with Crippen LogP contribution in [0.3, 0.4) is 0 Å². The van der Waals surface area contributed by atoms with Crippen molar-refractivity contribution in [2.75, 3.05) is 20.6 Å². The zero-order chi connectivity index (χ0) is 9.44. The summed E-state index contributed by atoms with van der Waals surface area (Å²) in [6, 6.07) is 0. The van der Waals surface area contributed by atoms with Gasteiger partial charge in [-0.25, -0.2) is 0 Å². The van der Waals surface area contributed by atoms with Gasteiger partial charge in [0.1, 0.15) is 0 Å². The van der Waals surface area contributed by atoms with Crippen LogP contribution in [0.2, 0.25) is 0 Å². The zero-order valence-corrected chi connectivity index (χ0v) is 6.96. The molecule has 0 aromatic heterocycles. The lowest BCUT2D eigenvalue weighted by Gasteiger charge is -2.05. The molecule has 0 aromatic carbocycles. The van der Waals surface area contributed by atoms with Gasteiger partial charge in [-0.3, -0.25) is 4.79 Å². The summed E-state index contributed by atoms with van der Waals surface area (Å²) in [6.07, 6.45) is 0. The first-order chi connectivity index (χ1) is 4.91. The topological polar surface area (TPSA) is 86.5 Å². The van der Waals surface area contributed by atoms with Crippen LogP contribution in [0.1, 0.15) is 6.92 Å². The number of nitrogens with zero attached hydrogens (tertiary/aromatic N) is 1. The highest BCUT2D eigenvalue weighted by atomic mass is 16.4. The van der Waals surface area contributed by atoms with Crippen LogP contribution in [0.15, 0.2) is 0 Å². The molecule has 1 amide bonds. The van der Waals surface area contributed by atoms with Gasteiger partial charge in [-0.05, 0) is 6.92 Å². The summed E-state index contributed by atoms with van der Waals surface area (Å²) in [5.41, 5.74) is 4.98. The number of amides is 1. The highest BCUT2D eigenvalue weighted by Gasteiger charge is 1.95. The van der Waals surface area contributed by atoms with E-state index in [1.165, 1.54) is 4.90 Å². The molecule has 5 heteroatoms. The fraction of sp³-hybridized carbons (Fsp3) is 0.667. The van der Waals surface area contributed by atoms with Crippen LogP contribution >= 0.6 is 0 Å². The molecule has 0 saturated heterocycles. The summed E-state index contributed by atoms with van der Waals surface area (Å²) in [5, 5.41) is 8.89. The minimum absolute atomic E-state index is 0.0417. The maximum atomic E-state index is 10.3. The van der Waals surface area contributed by atoms with Crippen molar-refractivity contribution in [2.45, 2.75) is 6.92 Å². The molecular weight excluding hydrogens is 148 g/mol. The second-order valence-corrected chi connectivity index (χ2v) is 1.98. The van der Waals surface area contributed by atoms with Gasteiger partial charge in [-0.15, -0.1) is 0 Å². The molecule has 0 spiro atoms. The Morgan fingerprint density at radius 1 is 1.45 bits per heavy atom. The molecule has 0 aliphatic rings. The van der Waals surface area contributed by atoms with Crippen LogP contribution in [-0.2, 0) is 9.59 Å². The Bertz CT molecular complexity index is 130. The largest absolute Gasteiger partial charge is 0.550 e. The number of nitrogens with two attached hydrogens (primary N) is 1. The average molecular weight is 161 g/mol. The molecule has 0 rings (SSSR count). The quantitative estimate of drug-likeness (QED) is 0.472. The van der Waals surface area contributed by atoms with Gasteiger partial charge in [0.25, 0.3) is 0 Å². The number of carboxylic acids is 1. The molecule has 0 saturated carbocycles. The van der Waals surface area contributed by atoms with E-state index in [9.17, 15) is 4.79 Å². The standard InChI is InChI=1S/C4H10N2O.C2H4O2/c1-6(2)4(7)3-5;1-2(3)4/h3,5H2,1-2H3;1H3,(H,3,4)/p-1. The minimum atomic E-state index is -1.08. The molecule has 0 bridgehead atoms. The van der Waals surface area contributed by atoms with Gasteiger partial charge in [0.2, 0.25) is 5.91 Å². The van der Waals surface area contributed by atoms with Gasteiger partial charge in [-0.2, -0.15) is 0 Å². The Hall–Kier alpha value is -1.10. The van der Waals surface area contributed by atoms with E-state index >= 15 is 0 Å². The summed E-state index contributed by atoms with van der Waals surface area (Å²) < 4.78 is 0. The Labute approximate surface area is 65.8 Å². The lowest BCUT2D eigenvalue weighted by molar-refractivity contribution is -0.302. The number of rotatable bonds is 1. The van der Waals surface area contributed by atoms with E-state index in [1.54, 1.807) is 14.1 Å². The summed E-state index contributed by atoms with van der Waals surface area (Å²) >= 11 is 0. The van der Waals surface area contributed by atoms with Crippen molar-refractivity contribution >= 4 is 11.9 Å². The first-order valence-corrected chi connectivity index (χ1v) is 2.99. The zero-order valence-electron chi connectivity index (χ0n) is 6.96. The molecule has 0 aliphatic heterocycles. The van der Waals surface area contributed by atoms with Crippen LogP contribution in [-0.4, -0.2) is 37.4 Å². The van der Waals surface area contributed by atoms with E-state index in [-0.39, 0.29) is 12.5 Å². The number of carbonyl (C=O) groups excluding carboxylic acids is 2. The van der Waals surface area contributed by atoms with Crippen molar-refractivity contribution < 1.29 is 14.7 Å². The molecule has 0 heterocycles. The SMILES string of the molecule is CC(=O)[O-].CN(C)C(=O)CN. The fourth-order valence-corrected chi connectivity index (χ4v) is 0.183. The molecule has 0 unspecified atom stereocenters. The van der Waals surface area contributed by atoms with E-state index in [4.69, 9.17) is 15.6 Å². The lowest BCUT2D eigenvalue weighted by Crippen LogP contribution is -2.28. The molecule has 0 fully saturated rings. The number of hydrogen-bond acceptors (Lipinski definition) is 4. The number of carbonyl (C=O) groups is 2. The van der Waals surface area contributed by atoms with Gasteiger partial charge in [0.15, 0.2) is 0 Å². The maximum Gasteiger partial charge on any atom is 0.235 e. The predicted octanol–water partition coefficient (Wildman–Crippen LogP) is -2.21. The second-order valence-electron chi connectivity index (χ2n) is 1.98. The summed E-state index contributed by atoms with van der Waals surface area (Å²) in [6.45, 7) is 1.08. The highest BCUT2D eigenvalue weighted by Crippen LogP contribution is 1.70. The van der Waals surface area contributed by atoms with Crippen molar-refractivity contribution in [1.29, 1.82) is 0 Å². The molecule has 11 heavy (non-hydrogen) atoms. The molecule has 2 N–H and O–H groups in total. The molecule has 0 atom stereocenters. The number of carboxylic acid groups (broad SMARTS) is 1. The highest BCUT2D eigenvalue weighted by molar-refractivity contribution is 5.77. The monoisotopic (exact) mass is 161 g/mol. The van der Waals surface area contributed by atoms with Crippen molar-refractivity contribution in [1.82, 2.24) is 4.90 Å². The molecular formula is C6H13N2O3-. The summed E-state index contributed by atoms with van der Waals surface area (Å²) in [7, 11) is 3.35. The van der Waals surface area contributed by atoms with E-state index in [0.29, 0.717) is 0 Å². The van der Waals surface area contributed by atoms with Gasteiger partial charge < -0.3 is 20.5 Å². The minimum Gasteiger partial charge on any atom is -0.550 e. The average Bonchev–Trinajstić information content (AvgIpc) is 1.85. The van der Waals surface area contributed by atoms with Crippen molar-refractivity contribution in [3.05, 3.63) is 0 Å². The van der Waals surface area contributed by atoms with Crippen LogP contribution < -0.4 is 10.8 Å². The third kappa shape index (κ3) is 17.6. The normalized spacial score (nSPS) is 7.64. The smallest absolute Gasteiger partial charge is 0.235 e. The van der Waals surface area contributed by atoms with Crippen molar-refractivity contribution in [3.63, 3.8) is 0 Å².